The number of carbonyl (C=O) groups excluding carboxylic acids is 2. The molecule has 86 valence electrons. The summed E-state index contributed by atoms with van der Waals surface area (Å²) in [7, 11) is 1.19. The Balaban J connectivity index is 2.49. The Kier molecular flexibility index (Phi) is 4.47. The molecular weight excluding hydrogens is 208 g/mol. The minimum Gasteiger partial charge on any atom is -0.453 e. The normalized spacial score (nSPS) is 11.6. The van der Waals surface area contributed by atoms with Gasteiger partial charge in [-0.1, -0.05) is 30.3 Å². The van der Waals surface area contributed by atoms with Gasteiger partial charge in [-0.05, 0) is 12.0 Å². The Bertz CT molecular complexity index is 365. The molecule has 0 saturated heterocycles. The number of nitrogens with two attached hydrogens (primary N) is 1. The molecule has 0 aliphatic carbocycles. The molecule has 0 bridgehead atoms. The van der Waals surface area contributed by atoms with Crippen LogP contribution in [-0.4, -0.2) is 25.2 Å². The van der Waals surface area contributed by atoms with E-state index in [0.29, 0.717) is 6.42 Å². The van der Waals surface area contributed by atoms with Crippen molar-refractivity contribution in [3.05, 3.63) is 35.9 Å². The molecule has 1 aromatic carbocycles. The van der Waals surface area contributed by atoms with Gasteiger partial charge in [0.25, 0.3) is 0 Å². The van der Waals surface area contributed by atoms with Crippen LogP contribution in [0.5, 0.6) is 0 Å². The molecular formula is C11H14N2O3. The number of ether oxygens (including phenoxy) is 1. The molecule has 3 N–H and O–H groups in total. The van der Waals surface area contributed by atoms with Gasteiger partial charge in [0, 0.05) is 0 Å². The third kappa shape index (κ3) is 3.70. The van der Waals surface area contributed by atoms with Crippen LogP contribution in [-0.2, 0) is 16.0 Å². The number of imide groups is 1. The molecule has 0 aliphatic heterocycles. The fourth-order valence-electron chi connectivity index (χ4n) is 1.21. The van der Waals surface area contributed by atoms with E-state index in [4.69, 9.17) is 5.73 Å². The van der Waals surface area contributed by atoms with E-state index in [1.807, 2.05) is 35.6 Å². The van der Waals surface area contributed by atoms with Crippen molar-refractivity contribution in [2.24, 2.45) is 5.73 Å². The van der Waals surface area contributed by atoms with Gasteiger partial charge in [0.2, 0.25) is 5.91 Å². The Morgan fingerprint density at radius 2 is 2.00 bits per heavy atom. The van der Waals surface area contributed by atoms with Crippen molar-refractivity contribution in [2.45, 2.75) is 12.5 Å². The molecule has 5 heteroatoms. The van der Waals surface area contributed by atoms with Crippen LogP contribution in [0.4, 0.5) is 4.79 Å². The largest absolute Gasteiger partial charge is 0.453 e. The minimum atomic E-state index is -0.798. The maximum Gasteiger partial charge on any atom is 0.413 e. The van der Waals surface area contributed by atoms with E-state index in [9.17, 15) is 9.59 Å². The van der Waals surface area contributed by atoms with Gasteiger partial charge in [0.1, 0.15) is 0 Å². The summed E-state index contributed by atoms with van der Waals surface area (Å²) in [6.45, 7) is 0. The highest BCUT2D eigenvalue weighted by Crippen LogP contribution is 2.01. The lowest BCUT2D eigenvalue weighted by Crippen LogP contribution is -2.44. The van der Waals surface area contributed by atoms with Crippen molar-refractivity contribution in [3.63, 3.8) is 0 Å². The fraction of sp³-hybridized carbons (Fsp3) is 0.273. The molecule has 1 aromatic rings. The zero-order valence-electron chi connectivity index (χ0n) is 8.97. The number of benzene rings is 1. The first-order valence-electron chi connectivity index (χ1n) is 4.82. The fourth-order valence-corrected chi connectivity index (χ4v) is 1.21. The molecule has 16 heavy (non-hydrogen) atoms. The Labute approximate surface area is 93.6 Å². The van der Waals surface area contributed by atoms with Crippen LogP contribution < -0.4 is 11.1 Å². The van der Waals surface area contributed by atoms with Crippen LogP contribution in [0.25, 0.3) is 0 Å². The third-order valence-corrected chi connectivity index (χ3v) is 2.05. The highest BCUT2D eigenvalue weighted by Gasteiger charge is 2.16. The van der Waals surface area contributed by atoms with Gasteiger partial charge in [-0.25, -0.2) is 4.79 Å². The van der Waals surface area contributed by atoms with E-state index in [2.05, 4.69) is 4.74 Å². The van der Waals surface area contributed by atoms with Gasteiger partial charge in [0.05, 0.1) is 13.2 Å². The molecule has 0 spiro atoms. The topological polar surface area (TPSA) is 81.4 Å². The first kappa shape index (κ1) is 12.2. The predicted molar refractivity (Wildman–Crippen MR) is 58.7 cm³/mol. The number of amides is 2. The number of carbonyl (C=O) groups is 2. The molecule has 1 atom stereocenters. The van der Waals surface area contributed by atoms with E-state index < -0.39 is 18.0 Å². The summed E-state index contributed by atoms with van der Waals surface area (Å²) < 4.78 is 4.29. The zero-order valence-corrected chi connectivity index (χ0v) is 8.97. The maximum atomic E-state index is 11.4. The van der Waals surface area contributed by atoms with Crippen LogP contribution in [0.15, 0.2) is 30.3 Å². The molecule has 0 heterocycles. The number of methoxy groups -OCH3 is 1. The standard InChI is InChI=1S/C11H14N2O3/c1-16-11(15)13-10(14)9(12)7-8-5-3-2-4-6-8/h2-6,9H,7,12H2,1H3,(H,13,14,15)/t9-/m0/s1. The van der Waals surface area contributed by atoms with E-state index in [-0.39, 0.29) is 0 Å². The predicted octanol–water partition coefficient (Wildman–Crippen LogP) is 0.439. The second-order valence-corrected chi connectivity index (χ2v) is 3.28. The van der Waals surface area contributed by atoms with Crippen molar-refractivity contribution in [3.8, 4) is 0 Å². The molecule has 1 rings (SSSR count). The lowest BCUT2D eigenvalue weighted by Gasteiger charge is -2.10. The quantitative estimate of drug-likeness (QED) is 0.777. The van der Waals surface area contributed by atoms with Gasteiger partial charge >= 0.3 is 6.09 Å². The van der Waals surface area contributed by atoms with Crippen LogP contribution in [0.2, 0.25) is 0 Å². The minimum absolute atomic E-state index is 0.379. The Morgan fingerprint density at radius 3 is 2.56 bits per heavy atom. The van der Waals surface area contributed by atoms with Gasteiger partial charge in [-0.2, -0.15) is 0 Å². The van der Waals surface area contributed by atoms with Crippen molar-refractivity contribution < 1.29 is 14.3 Å². The number of nitrogens with one attached hydrogen (secondary N) is 1. The lowest BCUT2D eigenvalue weighted by atomic mass is 10.1. The molecule has 0 saturated carbocycles. The van der Waals surface area contributed by atoms with Crippen molar-refractivity contribution in [1.82, 2.24) is 5.32 Å². The highest BCUT2D eigenvalue weighted by atomic mass is 16.5. The second kappa shape index (κ2) is 5.87. The monoisotopic (exact) mass is 222 g/mol. The molecule has 0 unspecified atom stereocenters. The van der Waals surface area contributed by atoms with E-state index in [1.54, 1.807) is 0 Å². The molecule has 0 aliphatic rings. The number of hydrogen-bond donors (Lipinski definition) is 2. The lowest BCUT2D eigenvalue weighted by molar-refractivity contribution is -0.121. The number of hydrogen-bond acceptors (Lipinski definition) is 4. The molecule has 2 amide bonds. The van der Waals surface area contributed by atoms with Gasteiger partial charge in [-0.3, -0.25) is 10.1 Å². The van der Waals surface area contributed by atoms with Crippen LogP contribution in [0.3, 0.4) is 0 Å². The summed E-state index contributed by atoms with van der Waals surface area (Å²) >= 11 is 0. The summed E-state index contributed by atoms with van der Waals surface area (Å²) in [5.74, 6) is -0.546. The van der Waals surface area contributed by atoms with Crippen molar-refractivity contribution in [1.29, 1.82) is 0 Å². The molecule has 5 nitrogen and oxygen atoms in total. The molecule has 0 radical (unpaired) electrons. The average molecular weight is 222 g/mol. The Morgan fingerprint density at radius 1 is 1.38 bits per heavy atom. The van der Waals surface area contributed by atoms with Gasteiger partial charge in [0.15, 0.2) is 0 Å². The number of alkyl carbamates (subject to hydrolysis) is 1. The Hall–Kier alpha value is -1.88. The summed E-state index contributed by atoms with van der Waals surface area (Å²) in [4.78, 5) is 22.1. The van der Waals surface area contributed by atoms with E-state index >= 15 is 0 Å². The average Bonchev–Trinajstić information content (AvgIpc) is 2.30. The maximum absolute atomic E-state index is 11.4. The summed E-state index contributed by atoms with van der Waals surface area (Å²) in [6, 6.07) is 8.57. The zero-order chi connectivity index (χ0) is 12.0. The first-order chi connectivity index (χ1) is 7.63. The van der Waals surface area contributed by atoms with E-state index in [0.717, 1.165) is 5.56 Å². The second-order valence-electron chi connectivity index (χ2n) is 3.28. The van der Waals surface area contributed by atoms with Crippen molar-refractivity contribution >= 4 is 12.0 Å². The highest BCUT2D eigenvalue weighted by molar-refractivity contribution is 5.94. The molecule has 0 aromatic heterocycles. The van der Waals surface area contributed by atoms with E-state index in [1.165, 1.54) is 7.11 Å². The van der Waals surface area contributed by atoms with Gasteiger partial charge < -0.3 is 10.5 Å². The summed E-state index contributed by atoms with van der Waals surface area (Å²) in [6.07, 6.45) is -0.419. The van der Waals surface area contributed by atoms with Crippen LogP contribution in [0, 0.1) is 0 Å². The van der Waals surface area contributed by atoms with Gasteiger partial charge in [-0.15, -0.1) is 0 Å². The SMILES string of the molecule is COC(=O)NC(=O)[C@@H](N)Cc1ccccc1. The smallest absolute Gasteiger partial charge is 0.413 e. The molecule has 0 fully saturated rings. The van der Waals surface area contributed by atoms with Crippen LogP contribution >= 0.6 is 0 Å². The summed E-state index contributed by atoms with van der Waals surface area (Å²) in [5, 5.41) is 2.02. The third-order valence-electron chi connectivity index (χ3n) is 2.05. The van der Waals surface area contributed by atoms with Crippen molar-refractivity contribution in [2.75, 3.05) is 7.11 Å². The van der Waals surface area contributed by atoms with Crippen LogP contribution in [0.1, 0.15) is 5.56 Å². The summed E-state index contributed by atoms with van der Waals surface area (Å²) in [5.41, 5.74) is 6.57. The number of rotatable bonds is 3. The first-order valence-corrected chi connectivity index (χ1v) is 4.82.